The highest BCUT2D eigenvalue weighted by atomic mass is 16.6. The maximum Gasteiger partial charge on any atom is 0.269 e. The van der Waals surface area contributed by atoms with Crippen molar-refractivity contribution in [2.75, 3.05) is 19.6 Å². The molecule has 11 heteroatoms. The molecule has 1 aromatic heterocycles. The van der Waals surface area contributed by atoms with Crippen LogP contribution < -0.4 is 19.6 Å². The highest BCUT2D eigenvalue weighted by molar-refractivity contribution is 6.10. The van der Waals surface area contributed by atoms with E-state index in [4.69, 9.17) is 0 Å². The topological polar surface area (TPSA) is 104 Å². The minimum absolute atomic E-state index is 0.0522. The standard InChI is InChI=1S/C38H31N7O4/c1-26-39(28-10-14-30(15-11-28)44(46)47)20-22-41(26)32-6-5-7-34(24-32)43-37-9-4-3-8-35(37)36-19-18-33(25-38(36)43)42-23-21-40(27(42)2)29-12-16-31(17-13-29)45(48)49/h3-27H,1-2H3. The van der Waals surface area contributed by atoms with E-state index in [2.05, 4.69) is 105 Å². The van der Waals surface area contributed by atoms with Crippen molar-refractivity contribution in [2.24, 2.45) is 0 Å². The van der Waals surface area contributed by atoms with Gasteiger partial charge in [0.25, 0.3) is 11.4 Å². The molecule has 0 spiro atoms. The van der Waals surface area contributed by atoms with Gasteiger partial charge in [-0.15, -0.1) is 0 Å². The van der Waals surface area contributed by atoms with E-state index in [1.54, 1.807) is 24.3 Å². The molecule has 0 aliphatic carbocycles. The molecule has 0 saturated carbocycles. The number of fused-ring (bicyclic) bond motifs is 3. The van der Waals surface area contributed by atoms with Gasteiger partial charge in [0.05, 0.1) is 20.9 Å². The molecule has 0 bridgehead atoms. The number of hydrogen-bond donors (Lipinski definition) is 0. The first-order valence-corrected chi connectivity index (χ1v) is 15.9. The molecule has 2 aliphatic rings. The molecule has 0 radical (unpaired) electrons. The Morgan fingerprint density at radius 2 is 0.918 bits per heavy atom. The fourth-order valence-corrected chi connectivity index (χ4v) is 6.94. The number of rotatable bonds is 7. The lowest BCUT2D eigenvalue weighted by Gasteiger charge is -2.30. The van der Waals surface area contributed by atoms with E-state index < -0.39 is 0 Å². The number of aromatic nitrogens is 1. The molecule has 5 aromatic carbocycles. The van der Waals surface area contributed by atoms with Gasteiger partial charge in [-0.05, 0) is 74.5 Å². The summed E-state index contributed by atoms with van der Waals surface area (Å²) in [5, 5.41) is 24.6. The number of anilines is 4. The molecule has 6 aromatic rings. The zero-order chi connectivity index (χ0) is 33.8. The highest BCUT2D eigenvalue weighted by Gasteiger charge is 2.27. The molecule has 3 heterocycles. The molecule has 0 N–H and O–H groups in total. The van der Waals surface area contributed by atoms with Crippen LogP contribution >= 0.6 is 0 Å². The van der Waals surface area contributed by atoms with Gasteiger partial charge in [-0.3, -0.25) is 20.2 Å². The first-order chi connectivity index (χ1) is 23.8. The van der Waals surface area contributed by atoms with Crippen LogP contribution in [0.4, 0.5) is 34.1 Å². The second-order valence-corrected chi connectivity index (χ2v) is 12.1. The summed E-state index contributed by atoms with van der Waals surface area (Å²) in [6.07, 6.45) is 7.96. The fourth-order valence-electron chi connectivity index (χ4n) is 6.94. The van der Waals surface area contributed by atoms with Crippen LogP contribution in [0.2, 0.25) is 0 Å². The van der Waals surface area contributed by atoms with Gasteiger partial charge in [-0.2, -0.15) is 0 Å². The smallest absolute Gasteiger partial charge is 0.269 e. The average Bonchev–Trinajstić information content (AvgIpc) is 3.80. The monoisotopic (exact) mass is 649 g/mol. The summed E-state index contributed by atoms with van der Waals surface area (Å²) in [5.41, 5.74) is 7.11. The molecule has 11 nitrogen and oxygen atoms in total. The Morgan fingerprint density at radius 1 is 0.469 bits per heavy atom. The quantitative estimate of drug-likeness (QED) is 0.125. The third-order valence-electron chi connectivity index (χ3n) is 9.44. The Bertz CT molecular complexity index is 2310. The van der Waals surface area contributed by atoms with Crippen molar-refractivity contribution >= 4 is 55.9 Å². The summed E-state index contributed by atoms with van der Waals surface area (Å²) < 4.78 is 2.30. The van der Waals surface area contributed by atoms with Crippen LogP contribution in [0.3, 0.4) is 0 Å². The van der Waals surface area contributed by atoms with E-state index in [0.29, 0.717) is 0 Å². The maximum absolute atomic E-state index is 11.2. The van der Waals surface area contributed by atoms with Crippen molar-refractivity contribution in [3.8, 4) is 5.69 Å². The number of benzene rings is 5. The van der Waals surface area contributed by atoms with Gasteiger partial charge in [-0.1, -0.05) is 30.3 Å². The Labute approximate surface area is 281 Å². The predicted molar refractivity (Wildman–Crippen MR) is 194 cm³/mol. The molecule has 2 atom stereocenters. The molecule has 8 rings (SSSR count). The van der Waals surface area contributed by atoms with Gasteiger partial charge >= 0.3 is 0 Å². The molecule has 2 unspecified atom stereocenters. The zero-order valence-electron chi connectivity index (χ0n) is 26.7. The van der Waals surface area contributed by atoms with Crippen molar-refractivity contribution in [1.82, 2.24) is 4.57 Å². The van der Waals surface area contributed by atoms with Gasteiger partial charge < -0.3 is 24.2 Å². The summed E-state index contributed by atoms with van der Waals surface area (Å²) in [6, 6.07) is 36.6. The molecular weight excluding hydrogens is 618 g/mol. The number of para-hydroxylation sites is 1. The van der Waals surface area contributed by atoms with Gasteiger partial charge in [0.2, 0.25) is 0 Å². The first-order valence-electron chi connectivity index (χ1n) is 15.9. The van der Waals surface area contributed by atoms with E-state index >= 15 is 0 Å². The van der Waals surface area contributed by atoms with E-state index in [9.17, 15) is 20.2 Å². The van der Waals surface area contributed by atoms with Crippen LogP contribution in [0, 0.1) is 20.2 Å². The Morgan fingerprint density at radius 3 is 1.47 bits per heavy atom. The van der Waals surface area contributed by atoms with Crippen LogP contribution in [0.25, 0.3) is 27.5 Å². The summed E-state index contributed by atoms with van der Waals surface area (Å²) in [7, 11) is 0. The SMILES string of the molecule is CC1N(c2ccc([N+](=O)[O-])cc2)C=CN1c1cccc(-n2c3ccccc3c3ccc(N4C=CN(c5ccc([N+](=O)[O-])cc5)C4C)cc32)c1. The molecule has 242 valence electrons. The molecular formula is C38H31N7O4. The third kappa shape index (κ3) is 4.99. The molecule has 0 saturated heterocycles. The lowest BCUT2D eigenvalue weighted by atomic mass is 10.1. The summed E-state index contributed by atoms with van der Waals surface area (Å²) in [4.78, 5) is 30.1. The number of nitro groups is 2. The number of nitrogens with zero attached hydrogens (tertiary/aromatic N) is 7. The number of hydrogen-bond acceptors (Lipinski definition) is 8. The predicted octanol–water partition coefficient (Wildman–Crippen LogP) is 8.89. The van der Waals surface area contributed by atoms with E-state index in [0.717, 1.165) is 50.2 Å². The van der Waals surface area contributed by atoms with E-state index in [1.165, 1.54) is 24.3 Å². The number of nitro benzene ring substituents is 2. The highest BCUT2D eigenvalue weighted by Crippen LogP contribution is 2.38. The second-order valence-electron chi connectivity index (χ2n) is 12.1. The van der Waals surface area contributed by atoms with E-state index in [-0.39, 0.29) is 33.6 Å². The third-order valence-corrected chi connectivity index (χ3v) is 9.44. The van der Waals surface area contributed by atoms with Crippen LogP contribution in [-0.4, -0.2) is 26.7 Å². The Balaban J connectivity index is 1.13. The van der Waals surface area contributed by atoms with Crippen molar-refractivity contribution in [1.29, 1.82) is 0 Å². The van der Waals surface area contributed by atoms with Crippen molar-refractivity contribution in [3.63, 3.8) is 0 Å². The molecule has 0 amide bonds. The first kappa shape index (κ1) is 29.8. The van der Waals surface area contributed by atoms with Crippen molar-refractivity contribution in [2.45, 2.75) is 26.2 Å². The Kier molecular flexibility index (Phi) is 7.02. The normalized spacial score (nSPS) is 17.2. The molecule has 2 aliphatic heterocycles. The zero-order valence-corrected chi connectivity index (χ0v) is 26.7. The Hall–Kier alpha value is -6.62. The van der Waals surface area contributed by atoms with Gasteiger partial charge in [0.15, 0.2) is 0 Å². The van der Waals surface area contributed by atoms with Gasteiger partial charge in [-0.25, -0.2) is 0 Å². The summed E-state index contributed by atoms with van der Waals surface area (Å²) in [6.45, 7) is 4.21. The minimum atomic E-state index is -0.387. The lowest BCUT2D eigenvalue weighted by molar-refractivity contribution is -0.385. The van der Waals surface area contributed by atoms with Crippen LogP contribution in [-0.2, 0) is 0 Å². The van der Waals surface area contributed by atoms with Crippen molar-refractivity contribution < 1.29 is 9.85 Å². The molecule has 49 heavy (non-hydrogen) atoms. The van der Waals surface area contributed by atoms with Crippen molar-refractivity contribution in [3.05, 3.63) is 160 Å². The van der Waals surface area contributed by atoms with E-state index in [1.807, 2.05) is 24.8 Å². The minimum Gasteiger partial charge on any atom is -0.326 e. The average molecular weight is 650 g/mol. The fraction of sp³-hybridized carbons (Fsp3) is 0.105. The second kappa shape index (κ2) is 11.6. The summed E-state index contributed by atoms with van der Waals surface area (Å²) >= 11 is 0. The largest absolute Gasteiger partial charge is 0.326 e. The van der Waals surface area contributed by atoms with Gasteiger partial charge in [0.1, 0.15) is 12.3 Å². The molecule has 0 fully saturated rings. The number of non-ortho nitro benzene ring substituents is 2. The van der Waals surface area contributed by atoms with Gasteiger partial charge in [0, 0.05) is 88.3 Å². The van der Waals surface area contributed by atoms with Crippen LogP contribution in [0.1, 0.15) is 13.8 Å². The lowest BCUT2D eigenvalue weighted by Crippen LogP contribution is -2.35. The summed E-state index contributed by atoms with van der Waals surface area (Å²) in [5.74, 6) is 0. The van der Waals surface area contributed by atoms with Crippen LogP contribution in [0.5, 0.6) is 0 Å². The van der Waals surface area contributed by atoms with Crippen LogP contribution in [0.15, 0.2) is 140 Å². The maximum atomic E-state index is 11.2.